The molecule has 0 radical (unpaired) electrons. The Kier molecular flexibility index (Phi) is 2.13. The van der Waals surface area contributed by atoms with Gasteiger partial charge < -0.3 is 0 Å². The molecule has 0 amide bonds. The first-order valence-electron chi connectivity index (χ1n) is 4.26. The summed E-state index contributed by atoms with van der Waals surface area (Å²) in [4.78, 5) is 8.74. The van der Waals surface area contributed by atoms with E-state index in [4.69, 9.17) is 0 Å². The third-order valence-electron chi connectivity index (χ3n) is 2.41. The van der Waals surface area contributed by atoms with Crippen LogP contribution in [0, 0.1) is 6.92 Å². The lowest BCUT2D eigenvalue weighted by atomic mass is 9.85. The van der Waals surface area contributed by atoms with Crippen molar-refractivity contribution < 1.29 is 0 Å². The van der Waals surface area contributed by atoms with Crippen molar-refractivity contribution in [2.24, 2.45) is 0 Å². The van der Waals surface area contributed by atoms with E-state index in [0.717, 1.165) is 16.0 Å². The monoisotopic (exact) mass is 226 g/mol. The van der Waals surface area contributed by atoms with Gasteiger partial charge in [0.1, 0.15) is 5.82 Å². The van der Waals surface area contributed by atoms with Crippen LogP contribution >= 0.6 is 15.9 Å². The van der Waals surface area contributed by atoms with Crippen molar-refractivity contribution in [3.63, 3.8) is 0 Å². The van der Waals surface area contributed by atoms with Gasteiger partial charge in [-0.1, -0.05) is 6.42 Å². The molecule has 0 spiro atoms. The van der Waals surface area contributed by atoms with Crippen molar-refractivity contribution in [2.75, 3.05) is 0 Å². The fourth-order valence-corrected chi connectivity index (χ4v) is 1.52. The highest BCUT2D eigenvalue weighted by Gasteiger charge is 2.22. The first-order valence-corrected chi connectivity index (χ1v) is 5.05. The summed E-state index contributed by atoms with van der Waals surface area (Å²) < 4.78 is 1.01. The highest BCUT2D eigenvalue weighted by Crippen LogP contribution is 2.34. The molecule has 0 atom stereocenters. The highest BCUT2D eigenvalue weighted by molar-refractivity contribution is 9.10. The Morgan fingerprint density at radius 2 is 2.25 bits per heavy atom. The van der Waals surface area contributed by atoms with Gasteiger partial charge in [-0.05, 0) is 35.7 Å². The molecular formula is C9H11BrN2. The standard InChI is InChI=1S/C9H11BrN2/c1-6-8(10)5-11-9(12-6)7-3-2-4-7/h5,7H,2-4H2,1H3. The minimum absolute atomic E-state index is 0.636. The van der Waals surface area contributed by atoms with Gasteiger partial charge >= 0.3 is 0 Å². The number of aryl methyl sites for hydroxylation is 1. The minimum atomic E-state index is 0.636. The van der Waals surface area contributed by atoms with Crippen molar-refractivity contribution in [1.82, 2.24) is 9.97 Å². The van der Waals surface area contributed by atoms with E-state index in [-0.39, 0.29) is 0 Å². The molecule has 64 valence electrons. The number of aromatic nitrogens is 2. The number of nitrogens with zero attached hydrogens (tertiary/aromatic N) is 2. The van der Waals surface area contributed by atoms with Gasteiger partial charge in [0.05, 0.1) is 10.2 Å². The van der Waals surface area contributed by atoms with Crippen molar-refractivity contribution in [2.45, 2.75) is 32.1 Å². The Hall–Kier alpha value is -0.440. The van der Waals surface area contributed by atoms with Crippen molar-refractivity contribution in [1.29, 1.82) is 0 Å². The number of halogens is 1. The maximum Gasteiger partial charge on any atom is 0.131 e. The smallest absolute Gasteiger partial charge is 0.131 e. The fraction of sp³-hybridized carbons (Fsp3) is 0.556. The topological polar surface area (TPSA) is 25.8 Å². The summed E-state index contributed by atoms with van der Waals surface area (Å²) in [5.41, 5.74) is 1.05. The molecule has 1 fully saturated rings. The molecule has 2 rings (SSSR count). The van der Waals surface area contributed by atoms with Crippen LogP contribution in [0.4, 0.5) is 0 Å². The van der Waals surface area contributed by atoms with Crippen molar-refractivity contribution >= 4 is 15.9 Å². The van der Waals surface area contributed by atoms with E-state index < -0.39 is 0 Å². The van der Waals surface area contributed by atoms with Gasteiger partial charge in [0.25, 0.3) is 0 Å². The van der Waals surface area contributed by atoms with Crippen molar-refractivity contribution in [3.8, 4) is 0 Å². The Balaban J connectivity index is 2.27. The summed E-state index contributed by atoms with van der Waals surface area (Å²) in [5, 5.41) is 0. The van der Waals surface area contributed by atoms with Crippen LogP contribution in [0.5, 0.6) is 0 Å². The molecule has 0 aromatic carbocycles. The zero-order valence-corrected chi connectivity index (χ0v) is 8.63. The molecule has 1 aliphatic carbocycles. The summed E-state index contributed by atoms with van der Waals surface area (Å²) in [7, 11) is 0. The molecule has 2 nitrogen and oxygen atoms in total. The normalized spacial score (nSPS) is 17.5. The molecule has 0 N–H and O–H groups in total. The lowest BCUT2D eigenvalue weighted by molar-refractivity contribution is 0.400. The molecule has 1 aromatic rings. The molecule has 0 aliphatic heterocycles. The summed E-state index contributed by atoms with van der Waals surface area (Å²) in [6, 6.07) is 0. The molecule has 1 saturated carbocycles. The molecule has 3 heteroatoms. The highest BCUT2D eigenvalue weighted by atomic mass is 79.9. The number of rotatable bonds is 1. The maximum atomic E-state index is 4.44. The van der Waals surface area contributed by atoms with E-state index in [1.165, 1.54) is 19.3 Å². The van der Waals surface area contributed by atoms with E-state index in [9.17, 15) is 0 Å². The average Bonchev–Trinajstić information content (AvgIpc) is 1.93. The van der Waals surface area contributed by atoms with Gasteiger partial charge in [0.2, 0.25) is 0 Å². The zero-order valence-electron chi connectivity index (χ0n) is 7.05. The van der Waals surface area contributed by atoms with Crippen LogP contribution < -0.4 is 0 Å². The third kappa shape index (κ3) is 1.38. The van der Waals surface area contributed by atoms with E-state index in [1.54, 1.807) is 0 Å². The Morgan fingerprint density at radius 3 is 2.75 bits per heavy atom. The second-order valence-electron chi connectivity index (χ2n) is 3.29. The summed E-state index contributed by atoms with van der Waals surface area (Å²) in [6.45, 7) is 2.01. The summed E-state index contributed by atoms with van der Waals surface area (Å²) in [5.74, 6) is 1.67. The molecule has 1 aliphatic rings. The number of hydrogen-bond donors (Lipinski definition) is 0. The first kappa shape index (κ1) is 8.17. The maximum absolute atomic E-state index is 4.44. The molecule has 0 saturated heterocycles. The van der Waals surface area contributed by atoms with E-state index in [1.807, 2.05) is 13.1 Å². The van der Waals surface area contributed by atoms with Gasteiger partial charge in [0.15, 0.2) is 0 Å². The quantitative estimate of drug-likeness (QED) is 0.737. The van der Waals surface area contributed by atoms with Crippen LogP contribution in [0.1, 0.15) is 36.7 Å². The first-order chi connectivity index (χ1) is 5.77. The van der Waals surface area contributed by atoms with Gasteiger partial charge in [-0.25, -0.2) is 9.97 Å². The zero-order chi connectivity index (χ0) is 8.55. The second kappa shape index (κ2) is 3.13. The molecule has 0 bridgehead atoms. The van der Waals surface area contributed by atoms with E-state index >= 15 is 0 Å². The third-order valence-corrected chi connectivity index (χ3v) is 3.19. The van der Waals surface area contributed by atoms with Crippen LogP contribution in [-0.2, 0) is 0 Å². The Bertz CT molecular complexity index is 295. The van der Waals surface area contributed by atoms with Crippen molar-refractivity contribution in [3.05, 3.63) is 22.2 Å². The molecular weight excluding hydrogens is 216 g/mol. The lowest BCUT2D eigenvalue weighted by Crippen LogP contribution is -2.12. The molecule has 0 unspecified atom stereocenters. The Morgan fingerprint density at radius 1 is 1.50 bits per heavy atom. The van der Waals surface area contributed by atoms with Gasteiger partial charge in [-0.2, -0.15) is 0 Å². The Labute approximate surface area is 80.6 Å². The fourth-order valence-electron chi connectivity index (χ4n) is 1.33. The van der Waals surface area contributed by atoms with Crippen LogP contribution in [0.25, 0.3) is 0 Å². The van der Waals surface area contributed by atoms with Gasteiger partial charge in [-0.15, -0.1) is 0 Å². The van der Waals surface area contributed by atoms with E-state index in [2.05, 4.69) is 25.9 Å². The largest absolute Gasteiger partial charge is 0.240 e. The number of hydrogen-bond acceptors (Lipinski definition) is 2. The minimum Gasteiger partial charge on any atom is -0.240 e. The van der Waals surface area contributed by atoms with Gasteiger partial charge in [0, 0.05) is 12.1 Å². The lowest BCUT2D eigenvalue weighted by Gasteiger charge is -2.23. The van der Waals surface area contributed by atoms with E-state index in [0.29, 0.717) is 5.92 Å². The van der Waals surface area contributed by atoms with Crippen LogP contribution in [0.15, 0.2) is 10.7 Å². The average molecular weight is 227 g/mol. The molecule has 1 heterocycles. The molecule has 12 heavy (non-hydrogen) atoms. The van der Waals surface area contributed by atoms with Crippen LogP contribution in [0.2, 0.25) is 0 Å². The predicted octanol–water partition coefficient (Wildman–Crippen LogP) is 2.82. The summed E-state index contributed by atoms with van der Waals surface area (Å²) >= 11 is 3.39. The van der Waals surface area contributed by atoms with Gasteiger partial charge in [-0.3, -0.25) is 0 Å². The van der Waals surface area contributed by atoms with Crippen LogP contribution in [-0.4, -0.2) is 9.97 Å². The SMILES string of the molecule is Cc1nc(C2CCC2)ncc1Br. The summed E-state index contributed by atoms with van der Waals surface area (Å²) in [6.07, 6.45) is 5.72. The molecule has 1 aromatic heterocycles. The predicted molar refractivity (Wildman–Crippen MR) is 51.1 cm³/mol. The second-order valence-corrected chi connectivity index (χ2v) is 4.14. The van der Waals surface area contributed by atoms with Crippen LogP contribution in [0.3, 0.4) is 0 Å².